The second kappa shape index (κ2) is 8.46. The van der Waals surface area contributed by atoms with E-state index < -0.39 is 0 Å². The Kier molecular flexibility index (Phi) is 5.34. The molecule has 2 aromatic carbocycles. The minimum Gasteiger partial charge on any atom is -0.497 e. The highest BCUT2D eigenvalue weighted by atomic mass is 16.5. The highest BCUT2D eigenvalue weighted by molar-refractivity contribution is 5.94. The van der Waals surface area contributed by atoms with E-state index in [9.17, 15) is 9.59 Å². The van der Waals surface area contributed by atoms with Crippen molar-refractivity contribution in [3.63, 3.8) is 0 Å². The number of nitrogens with zero attached hydrogens (tertiary/aromatic N) is 1. The molecule has 4 aromatic rings. The number of benzene rings is 2. The van der Waals surface area contributed by atoms with E-state index in [1.165, 1.54) is 13.2 Å². The summed E-state index contributed by atoms with van der Waals surface area (Å²) in [5.74, 6) is 2.24. The van der Waals surface area contributed by atoms with E-state index in [1.807, 2.05) is 18.2 Å². The van der Waals surface area contributed by atoms with Crippen molar-refractivity contribution in [3.05, 3.63) is 70.0 Å². The number of aromatic nitrogens is 2. The van der Waals surface area contributed by atoms with Gasteiger partial charge in [-0.25, -0.2) is 0 Å². The van der Waals surface area contributed by atoms with Crippen molar-refractivity contribution in [2.45, 2.75) is 25.2 Å². The normalized spacial score (nSPS) is 13.2. The highest BCUT2D eigenvalue weighted by Gasteiger charge is 2.26. The number of H-pyrrole nitrogens is 1. The van der Waals surface area contributed by atoms with Gasteiger partial charge in [0.2, 0.25) is 5.91 Å². The summed E-state index contributed by atoms with van der Waals surface area (Å²) in [6.07, 6.45) is 2.32. The molecule has 0 radical (unpaired) electrons. The number of carbonyl (C=O) groups excluding carboxylic acids is 1. The van der Waals surface area contributed by atoms with Crippen molar-refractivity contribution < 1.29 is 18.7 Å². The molecule has 0 unspecified atom stereocenters. The van der Waals surface area contributed by atoms with Crippen LogP contribution < -0.4 is 20.2 Å². The van der Waals surface area contributed by atoms with Crippen molar-refractivity contribution >= 4 is 22.7 Å². The molecular formula is C25H23N3O5. The molecule has 168 valence electrons. The van der Waals surface area contributed by atoms with Crippen LogP contribution >= 0.6 is 0 Å². The van der Waals surface area contributed by atoms with Crippen LogP contribution in [0.2, 0.25) is 0 Å². The SMILES string of the molecule is COc1ccc(-c2cc(=O)c3c(OC)c(CC(=O)Nc4cc(C5CC5)[nH]n4)ccc3o2)cc1. The third kappa shape index (κ3) is 4.19. The minimum absolute atomic E-state index is 0.0321. The predicted molar refractivity (Wildman–Crippen MR) is 124 cm³/mol. The maximum atomic E-state index is 13.0. The zero-order valence-electron chi connectivity index (χ0n) is 18.3. The van der Waals surface area contributed by atoms with E-state index in [1.54, 1.807) is 31.4 Å². The van der Waals surface area contributed by atoms with Crippen LogP contribution in [0.15, 0.2) is 57.7 Å². The van der Waals surface area contributed by atoms with E-state index in [2.05, 4.69) is 15.5 Å². The number of hydrogen-bond donors (Lipinski definition) is 2. The number of hydrogen-bond acceptors (Lipinski definition) is 6. The first-order chi connectivity index (χ1) is 16.1. The van der Waals surface area contributed by atoms with Crippen LogP contribution in [-0.4, -0.2) is 30.3 Å². The molecule has 2 aromatic heterocycles. The van der Waals surface area contributed by atoms with Crippen molar-refractivity contribution in [1.29, 1.82) is 0 Å². The second-order valence-corrected chi connectivity index (χ2v) is 8.04. The van der Waals surface area contributed by atoms with Gasteiger partial charge in [0.15, 0.2) is 11.2 Å². The first-order valence-electron chi connectivity index (χ1n) is 10.7. The molecule has 0 aliphatic heterocycles. The number of nitrogens with one attached hydrogen (secondary N) is 2. The first kappa shape index (κ1) is 20.8. The molecule has 0 atom stereocenters. The minimum atomic E-state index is -0.249. The van der Waals surface area contributed by atoms with Crippen LogP contribution in [0.4, 0.5) is 5.82 Å². The highest BCUT2D eigenvalue weighted by Crippen LogP contribution is 2.39. The van der Waals surface area contributed by atoms with Gasteiger partial charge in [0.25, 0.3) is 0 Å². The van der Waals surface area contributed by atoms with Gasteiger partial charge in [-0.3, -0.25) is 14.7 Å². The average Bonchev–Trinajstić information content (AvgIpc) is 3.58. The maximum Gasteiger partial charge on any atom is 0.230 e. The molecule has 1 amide bonds. The maximum absolute atomic E-state index is 13.0. The molecule has 1 aliphatic rings. The number of rotatable bonds is 7. The van der Waals surface area contributed by atoms with Gasteiger partial charge in [0.05, 0.1) is 20.6 Å². The Morgan fingerprint density at radius 3 is 2.61 bits per heavy atom. The lowest BCUT2D eigenvalue weighted by molar-refractivity contribution is -0.115. The molecule has 1 saturated carbocycles. The Hall–Kier alpha value is -4.07. The Bertz CT molecular complexity index is 1380. The Morgan fingerprint density at radius 2 is 1.91 bits per heavy atom. The summed E-state index contributed by atoms with van der Waals surface area (Å²) in [7, 11) is 3.07. The lowest BCUT2D eigenvalue weighted by atomic mass is 10.0. The quantitative estimate of drug-likeness (QED) is 0.440. The number of fused-ring (bicyclic) bond motifs is 1. The van der Waals surface area contributed by atoms with Gasteiger partial charge < -0.3 is 19.2 Å². The van der Waals surface area contributed by atoms with E-state index in [0.717, 1.165) is 24.1 Å². The van der Waals surface area contributed by atoms with E-state index in [-0.39, 0.29) is 17.8 Å². The summed E-state index contributed by atoms with van der Waals surface area (Å²) in [5, 5.41) is 10.2. The first-order valence-corrected chi connectivity index (χ1v) is 10.7. The number of amides is 1. The molecular weight excluding hydrogens is 422 g/mol. The number of methoxy groups -OCH3 is 2. The van der Waals surface area contributed by atoms with Crippen molar-refractivity contribution in [2.75, 3.05) is 19.5 Å². The Balaban J connectivity index is 1.42. The van der Waals surface area contributed by atoms with Gasteiger partial charge in [-0.05, 0) is 43.2 Å². The van der Waals surface area contributed by atoms with Gasteiger partial charge in [0, 0.05) is 34.9 Å². The Labute approximate surface area is 189 Å². The fraction of sp³-hybridized carbons (Fsp3) is 0.240. The molecule has 0 spiro atoms. The summed E-state index contributed by atoms with van der Waals surface area (Å²) >= 11 is 0. The fourth-order valence-electron chi connectivity index (χ4n) is 3.90. The summed E-state index contributed by atoms with van der Waals surface area (Å²) in [5.41, 5.74) is 2.52. The van der Waals surface area contributed by atoms with Crippen LogP contribution in [0.25, 0.3) is 22.3 Å². The Morgan fingerprint density at radius 1 is 1.12 bits per heavy atom. The standard InChI is InChI=1S/C25H23N3O5/c1-31-17-8-5-15(6-9-17)21-13-19(29)24-20(33-21)10-7-16(25(24)32-2)11-23(30)26-22-12-18(27-28-22)14-3-4-14/h5-10,12-14H,3-4,11H2,1-2H3,(H2,26,27,28,30). The summed E-state index contributed by atoms with van der Waals surface area (Å²) < 4.78 is 16.7. The topological polar surface area (TPSA) is 106 Å². The van der Waals surface area contributed by atoms with Crippen LogP contribution in [0.5, 0.6) is 11.5 Å². The second-order valence-electron chi connectivity index (χ2n) is 8.04. The number of ether oxygens (including phenoxy) is 2. The zero-order chi connectivity index (χ0) is 22.9. The zero-order valence-corrected chi connectivity index (χ0v) is 18.3. The van der Waals surface area contributed by atoms with E-state index >= 15 is 0 Å². The van der Waals surface area contributed by atoms with E-state index in [4.69, 9.17) is 13.9 Å². The van der Waals surface area contributed by atoms with Crippen LogP contribution in [0, 0.1) is 0 Å². The van der Waals surface area contributed by atoms with Crippen LogP contribution in [0.1, 0.15) is 30.0 Å². The molecule has 8 heteroatoms. The average molecular weight is 445 g/mol. The third-order valence-corrected chi connectivity index (χ3v) is 5.74. The number of anilines is 1. The molecule has 2 N–H and O–H groups in total. The predicted octanol–water partition coefficient (Wildman–Crippen LogP) is 4.26. The lowest BCUT2D eigenvalue weighted by Crippen LogP contribution is -2.16. The monoisotopic (exact) mass is 445 g/mol. The summed E-state index contributed by atoms with van der Waals surface area (Å²) in [4.78, 5) is 25.6. The third-order valence-electron chi connectivity index (χ3n) is 5.74. The molecule has 33 heavy (non-hydrogen) atoms. The molecule has 1 fully saturated rings. The van der Waals surface area contributed by atoms with Gasteiger partial charge in [0.1, 0.15) is 28.2 Å². The van der Waals surface area contributed by atoms with E-state index in [0.29, 0.717) is 45.5 Å². The molecule has 0 saturated heterocycles. The van der Waals surface area contributed by atoms with Crippen LogP contribution in [0.3, 0.4) is 0 Å². The van der Waals surface area contributed by atoms with Gasteiger partial charge in [-0.2, -0.15) is 5.10 Å². The largest absolute Gasteiger partial charge is 0.497 e. The van der Waals surface area contributed by atoms with Gasteiger partial charge in [-0.15, -0.1) is 0 Å². The molecule has 1 aliphatic carbocycles. The van der Waals surface area contributed by atoms with Crippen molar-refractivity contribution in [3.8, 4) is 22.8 Å². The molecule has 2 heterocycles. The smallest absolute Gasteiger partial charge is 0.230 e. The molecule has 8 nitrogen and oxygen atoms in total. The van der Waals surface area contributed by atoms with Gasteiger partial charge in [-0.1, -0.05) is 6.07 Å². The molecule has 5 rings (SSSR count). The number of carbonyl (C=O) groups is 1. The summed E-state index contributed by atoms with van der Waals surface area (Å²) in [6, 6.07) is 14.0. The van der Waals surface area contributed by atoms with Crippen molar-refractivity contribution in [1.82, 2.24) is 10.2 Å². The lowest BCUT2D eigenvalue weighted by Gasteiger charge is -2.12. The van der Waals surface area contributed by atoms with Crippen molar-refractivity contribution in [2.24, 2.45) is 0 Å². The van der Waals surface area contributed by atoms with Crippen LogP contribution in [-0.2, 0) is 11.2 Å². The van der Waals surface area contributed by atoms with Gasteiger partial charge >= 0.3 is 0 Å². The molecule has 0 bridgehead atoms. The summed E-state index contributed by atoms with van der Waals surface area (Å²) in [6.45, 7) is 0. The number of aromatic amines is 1. The fourth-order valence-corrected chi connectivity index (χ4v) is 3.90.